The molecule has 0 bridgehead atoms. The standard InChI is InChI=1S/C12H15N3O2S2/c1-15(2)19(16,17)14-7-10-5-12(8-13-6-10)11-3-4-18-9-11/h3-6,8-9,14H,7H2,1-2H3. The SMILES string of the molecule is CN(C)S(=O)(=O)NCc1cncc(-c2ccsc2)c1. The summed E-state index contributed by atoms with van der Waals surface area (Å²) in [5.74, 6) is 0. The van der Waals surface area contributed by atoms with E-state index in [1.54, 1.807) is 23.7 Å². The number of thiophene rings is 1. The molecule has 0 fully saturated rings. The van der Waals surface area contributed by atoms with Crippen molar-refractivity contribution in [2.75, 3.05) is 14.1 Å². The fourth-order valence-corrected chi connectivity index (χ4v) is 2.75. The van der Waals surface area contributed by atoms with Gasteiger partial charge in [-0.15, -0.1) is 0 Å². The summed E-state index contributed by atoms with van der Waals surface area (Å²) in [6, 6.07) is 3.95. The third-order valence-electron chi connectivity index (χ3n) is 2.59. The summed E-state index contributed by atoms with van der Waals surface area (Å²) in [6.07, 6.45) is 3.43. The van der Waals surface area contributed by atoms with Gasteiger partial charge in [-0.3, -0.25) is 4.98 Å². The summed E-state index contributed by atoms with van der Waals surface area (Å²) in [4.78, 5) is 4.14. The van der Waals surface area contributed by atoms with E-state index in [1.807, 2.05) is 22.9 Å². The van der Waals surface area contributed by atoms with E-state index in [0.717, 1.165) is 21.0 Å². The lowest BCUT2D eigenvalue weighted by Gasteiger charge is -2.12. The Kier molecular flexibility index (Phi) is 4.31. The van der Waals surface area contributed by atoms with Crippen molar-refractivity contribution in [2.24, 2.45) is 0 Å². The fourth-order valence-electron chi connectivity index (χ4n) is 1.47. The molecule has 0 saturated carbocycles. The van der Waals surface area contributed by atoms with Crippen molar-refractivity contribution in [3.05, 3.63) is 40.8 Å². The number of hydrogen-bond donors (Lipinski definition) is 1. The van der Waals surface area contributed by atoms with Gasteiger partial charge in [0, 0.05) is 38.6 Å². The van der Waals surface area contributed by atoms with E-state index in [0.29, 0.717) is 0 Å². The van der Waals surface area contributed by atoms with Crippen molar-refractivity contribution in [1.29, 1.82) is 0 Å². The van der Waals surface area contributed by atoms with Crippen LogP contribution in [0.15, 0.2) is 35.3 Å². The number of nitrogens with one attached hydrogen (secondary N) is 1. The van der Waals surface area contributed by atoms with E-state index < -0.39 is 10.2 Å². The van der Waals surface area contributed by atoms with Crippen LogP contribution in [0, 0.1) is 0 Å². The first-order chi connectivity index (χ1) is 8.99. The molecular formula is C12H15N3O2S2. The molecule has 0 aromatic carbocycles. The normalized spacial score (nSPS) is 11.9. The summed E-state index contributed by atoms with van der Waals surface area (Å²) in [5, 5.41) is 4.03. The number of hydrogen-bond acceptors (Lipinski definition) is 4. The number of nitrogens with zero attached hydrogens (tertiary/aromatic N) is 2. The van der Waals surface area contributed by atoms with Gasteiger partial charge in [0.1, 0.15) is 0 Å². The highest BCUT2D eigenvalue weighted by molar-refractivity contribution is 7.87. The van der Waals surface area contributed by atoms with Crippen molar-refractivity contribution >= 4 is 21.5 Å². The monoisotopic (exact) mass is 297 g/mol. The largest absolute Gasteiger partial charge is 0.279 e. The van der Waals surface area contributed by atoms with E-state index in [9.17, 15) is 8.42 Å². The maximum Gasteiger partial charge on any atom is 0.279 e. The second kappa shape index (κ2) is 5.79. The quantitative estimate of drug-likeness (QED) is 0.914. The number of pyridine rings is 1. The molecule has 1 N–H and O–H groups in total. The molecule has 0 spiro atoms. The maximum atomic E-state index is 11.6. The first-order valence-corrected chi connectivity index (χ1v) is 8.01. The molecule has 7 heteroatoms. The van der Waals surface area contributed by atoms with Gasteiger partial charge in [-0.05, 0) is 34.0 Å². The molecule has 0 saturated heterocycles. The van der Waals surface area contributed by atoms with Crippen LogP contribution >= 0.6 is 11.3 Å². The molecule has 19 heavy (non-hydrogen) atoms. The number of aromatic nitrogens is 1. The van der Waals surface area contributed by atoms with Crippen molar-refractivity contribution in [1.82, 2.24) is 14.0 Å². The summed E-state index contributed by atoms with van der Waals surface area (Å²) in [5.41, 5.74) is 2.91. The molecule has 2 heterocycles. The van der Waals surface area contributed by atoms with Gasteiger partial charge in [0.2, 0.25) is 0 Å². The molecule has 0 atom stereocenters. The fraction of sp³-hybridized carbons (Fsp3) is 0.250. The van der Waals surface area contributed by atoms with Gasteiger partial charge >= 0.3 is 0 Å². The van der Waals surface area contributed by atoms with E-state index in [4.69, 9.17) is 0 Å². The van der Waals surface area contributed by atoms with Crippen molar-refractivity contribution in [3.63, 3.8) is 0 Å². The van der Waals surface area contributed by atoms with Crippen LogP contribution in [-0.2, 0) is 16.8 Å². The minimum atomic E-state index is -3.41. The molecule has 0 radical (unpaired) electrons. The first kappa shape index (κ1) is 14.1. The first-order valence-electron chi connectivity index (χ1n) is 5.62. The highest BCUT2D eigenvalue weighted by Crippen LogP contribution is 2.21. The Morgan fingerprint density at radius 2 is 2.11 bits per heavy atom. The zero-order valence-corrected chi connectivity index (χ0v) is 12.3. The van der Waals surface area contributed by atoms with Gasteiger partial charge in [0.15, 0.2) is 0 Å². The van der Waals surface area contributed by atoms with Gasteiger partial charge in [-0.2, -0.15) is 28.8 Å². The molecule has 0 amide bonds. The Hall–Kier alpha value is -1.28. The van der Waals surface area contributed by atoms with E-state index in [2.05, 4.69) is 9.71 Å². The molecule has 2 aromatic heterocycles. The third-order valence-corrected chi connectivity index (χ3v) is 4.74. The van der Waals surface area contributed by atoms with Gasteiger partial charge in [-0.25, -0.2) is 0 Å². The predicted octanol–water partition coefficient (Wildman–Crippen LogP) is 1.71. The minimum Gasteiger partial charge on any atom is -0.264 e. The topological polar surface area (TPSA) is 62.3 Å². The van der Waals surface area contributed by atoms with Crippen molar-refractivity contribution in [2.45, 2.75) is 6.54 Å². The third kappa shape index (κ3) is 3.60. The Labute approximate surface area is 117 Å². The van der Waals surface area contributed by atoms with Crippen LogP contribution in [-0.4, -0.2) is 31.8 Å². The van der Waals surface area contributed by atoms with Crippen LogP contribution in [0.4, 0.5) is 0 Å². The van der Waals surface area contributed by atoms with Crippen LogP contribution in [0.3, 0.4) is 0 Å². The van der Waals surface area contributed by atoms with Crippen molar-refractivity contribution < 1.29 is 8.42 Å². The van der Waals surface area contributed by atoms with Crippen LogP contribution in [0.2, 0.25) is 0 Å². The molecule has 0 aliphatic carbocycles. The Morgan fingerprint density at radius 1 is 1.32 bits per heavy atom. The summed E-state index contributed by atoms with van der Waals surface area (Å²) < 4.78 is 26.9. The number of rotatable bonds is 5. The average molecular weight is 297 g/mol. The Balaban J connectivity index is 2.13. The second-order valence-corrected chi connectivity index (χ2v) is 6.95. The van der Waals surface area contributed by atoms with Gasteiger partial charge < -0.3 is 0 Å². The lowest BCUT2D eigenvalue weighted by molar-refractivity contribution is 0.505. The zero-order valence-electron chi connectivity index (χ0n) is 10.7. The van der Waals surface area contributed by atoms with Gasteiger partial charge in [0.25, 0.3) is 10.2 Å². The van der Waals surface area contributed by atoms with Crippen LogP contribution < -0.4 is 4.72 Å². The highest BCUT2D eigenvalue weighted by Gasteiger charge is 2.12. The summed E-state index contributed by atoms with van der Waals surface area (Å²) in [6.45, 7) is 0.228. The smallest absolute Gasteiger partial charge is 0.264 e. The van der Waals surface area contributed by atoms with Crippen LogP contribution in [0.25, 0.3) is 11.1 Å². The molecule has 0 aliphatic rings. The van der Waals surface area contributed by atoms with E-state index in [1.165, 1.54) is 14.1 Å². The highest BCUT2D eigenvalue weighted by atomic mass is 32.2. The molecule has 0 aliphatic heterocycles. The lowest BCUT2D eigenvalue weighted by Crippen LogP contribution is -2.35. The van der Waals surface area contributed by atoms with E-state index in [-0.39, 0.29) is 6.54 Å². The predicted molar refractivity (Wildman–Crippen MR) is 77.0 cm³/mol. The summed E-state index contributed by atoms with van der Waals surface area (Å²) >= 11 is 1.62. The van der Waals surface area contributed by atoms with Gasteiger partial charge in [-0.1, -0.05) is 0 Å². The van der Waals surface area contributed by atoms with E-state index >= 15 is 0 Å². The molecule has 102 valence electrons. The van der Waals surface area contributed by atoms with Crippen LogP contribution in [0.5, 0.6) is 0 Å². The minimum absolute atomic E-state index is 0.228. The Morgan fingerprint density at radius 3 is 2.74 bits per heavy atom. The van der Waals surface area contributed by atoms with Crippen LogP contribution in [0.1, 0.15) is 5.56 Å². The average Bonchev–Trinajstić information content (AvgIpc) is 2.90. The zero-order chi connectivity index (χ0) is 13.9. The lowest BCUT2D eigenvalue weighted by atomic mass is 10.1. The second-order valence-electron chi connectivity index (χ2n) is 4.20. The summed E-state index contributed by atoms with van der Waals surface area (Å²) in [7, 11) is -0.429. The molecule has 5 nitrogen and oxygen atoms in total. The van der Waals surface area contributed by atoms with Gasteiger partial charge in [0.05, 0.1) is 0 Å². The maximum absolute atomic E-state index is 11.6. The molecule has 0 unspecified atom stereocenters. The molecular weight excluding hydrogens is 282 g/mol. The molecule has 2 rings (SSSR count). The Bertz CT molecular complexity index is 637. The molecule has 2 aromatic rings. The van der Waals surface area contributed by atoms with Crippen molar-refractivity contribution in [3.8, 4) is 11.1 Å².